The van der Waals surface area contributed by atoms with Gasteiger partial charge >= 0.3 is 5.97 Å². The standard InChI is InChI=1S/C22H23N3O4/c1-2-21(18-6-8-19(9-7-18)25-11-10-23-16-25)24-29-13-12-28-20-5-3-4-17(14-20)15-22(26)27/h2-11,14,16,24H,12-13,15H2,1H3,(H,26,27). The highest BCUT2D eigenvalue weighted by Crippen LogP contribution is 2.16. The van der Waals surface area contributed by atoms with Crippen molar-refractivity contribution < 1.29 is 19.5 Å². The van der Waals surface area contributed by atoms with E-state index in [1.807, 2.05) is 48.0 Å². The van der Waals surface area contributed by atoms with Crippen LogP contribution in [0.2, 0.25) is 0 Å². The number of hydroxylamine groups is 1. The first-order valence-electron chi connectivity index (χ1n) is 9.22. The van der Waals surface area contributed by atoms with Gasteiger partial charge in [-0.3, -0.25) is 15.1 Å². The highest BCUT2D eigenvalue weighted by molar-refractivity contribution is 5.70. The van der Waals surface area contributed by atoms with Gasteiger partial charge in [0.25, 0.3) is 0 Å². The lowest BCUT2D eigenvalue weighted by molar-refractivity contribution is -0.136. The molecule has 0 aliphatic carbocycles. The lowest BCUT2D eigenvalue weighted by Gasteiger charge is -2.13. The van der Waals surface area contributed by atoms with Crippen molar-refractivity contribution in [2.24, 2.45) is 0 Å². The molecule has 2 aromatic carbocycles. The van der Waals surface area contributed by atoms with E-state index in [4.69, 9.17) is 14.7 Å². The maximum Gasteiger partial charge on any atom is 0.307 e. The number of carbonyl (C=O) groups is 1. The van der Waals surface area contributed by atoms with Gasteiger partial charge in [-0.25, -0.2) is 4.98 Å². The van der Waals surface area contributed by atoms with Gasteiger partial charge in [-0.1, -0.05) is 30.3 Å². The van der Waals surface area contributed by atoms with Crippen LogP contribution in [0.5, 0.6) is 5.75 Å². The van der Waals surface area contributed by atoms with E-state index >= 15 is 0 Å². The average Bonchev–Trinajstić information content (AvgIpc) is 3.26. The summed E-state index contributed by atoms with van der Waals surface area (Å²) in [6, 6.07) is 15.1. The zero-order chi connectivity index (χ0) is 20.5. The molecule has 7 nitrogen and oxygen atoms in total. The number of aliphatic carboxylic acids is 1. The molecule has 0 amide bonds. The van der Waals surface area contributed by atoms with Gasteiger partial charge in [-0.15, -0.1) is 0 Å². The van der Waals surface area contributed by atoms with Crippen molar-refractivity contribution in [3.8, 4) is 11.4 Å². The van der Waals surface area contributed by atoms with Gasteiger partial charge in [0.1, 0.15) is 19.0 Å². The second kappa shape index (κ2) is 10.1. The average molecular weight is 393 g/mol. The molecule has 0 fully saturated rings. The molecule has 0 radical (unpaired) electrons. The van der Waals surface area contributed by atoms with E-state index in [9.17, 15) is 4.79 Å². The number of aromatic nitrogens is 2. The summed E-state index contributed by atoms with van der Waals surface area (Å²) in [5.41, 5.74) is 6.53. The zero-order valence-electron chi connectivity index (χ0n) is 16.1. The third kappa shape index (κ3) is 5.95. The van der Waals surface area contributed by atoms with Crippen molar-refractivity contribution in [1.82, 2.24) is 15.0 Å². The number of hydrogen-bond donors (Lipinski definition) is 2. The highest BCUT2D eigenvalue weighted by Gasteiger charge is 2.04. The number of imidazole rings is 1. The van der Waals surface area contributed by atoms with E-state index in [1.165, 1.54) is 0 Å². The summed E-state index contributed by atoms with van der Waals surface area (Å²) >= 11 is 0. The second-order valence-electron chi connectivity index (χ2n) is 6.24. The Kier molecular flexibility index (Phi) is 7.02. The third-order valence-electron chi connectivity index (χ3n) is 4.16. The molecule has 0 atom stereocenters. The number of allylic oxidation sites excluding steroid dienone is 1. The fourth-order valence-corrected chi connectivity index (χ4v) is 2.76. The molecule has 3 rings (SSSR count). The molecule has 7 heteroatoms. The van der Waals surface area contributed by atoms with Gasteiger partial charge < -0.3 is 14.4 Å². The Bertz CT molecular complexity index is 950. The number of carboxylic acids is 1. The quantitative estimate of drug-likeness (QED) is 0.405. The number of carboxylic acid groups (broad SMARTS) is 1. The molecule has 0 unspecified atom stereocenters. The number of nitrogens with one attached hydrogen (secondary N) is 1. The van der Waals surface area contributed by atoms with Crippen LogP contribution in [0.4, 0.5) is 0 Å². The SMILES string of the molecule is CC=C(NOCCOc1cccc(CC(=O)O)c1)c1ccc(-n2ccnc2)cc1. The Balaban J connectivity index is 1.45. The van der Waals surface area contributed by atoms with Crippen molar-refractivity contribution >= 4 is 11.7 Å². The molecule has 1 heterocycles. The van der Waals surface area contributed by atoms with E-state index in [2.05, 4.69) is 10.5 Å². The molecule has 3 aromatic rings. The minimum Gasteiger partial charge on any atom is -0.491 e. The lowest BCUT2D eigenvalue weighted by Crippen LogP contribution is -2.17. The predicted octanol–water partition coefficient (Wildman–Crippen LogP) is 3.46. The van der Waals surface area contributed by atoms with E-state index in [1.54, 1.807) is 36.8 Å². The van der Waals surface area contributed by atoms with Crippen LogP contribution in [0.3, 0.4) is 0 Å². The van der Waals surface area contributed by atoms with Crippen LogP contribution in [0.1, 0.15) is 18.1 Å². The van der Waals surface area contributed by atoms with E-state index in [-0.39, 0.29) is 6.42 Å². The van der Waals surface area contributed by atoms with Crippen molar-refractivity contribution in [3.05, 3.63) is 84.5 Å². The van der Waals surface area contributed by atoms with Crippen LogP contribution in [0, 0.1) is 0 Å². The van der Waals surface area contributed by atoms with Crippen LogP contribution < -0.4 is 10.2 Å². The van der Waals surface area contributed by atoms with Gasteiger partial charge in [0.15, 0.2) is 0 Å². The minimum atomic E-state index is -0.869. The maximum absolute atomic E-state index is 10.8. The molecular formula is C22H23N3O4. The van der Waals surface area contributed by atoms with Crippen LogP contribution >= 0.6 is 0 Å². The predicted molar refractivity (Wildman–Crippen MR) is 110 cm³/mol. The Labute approximate surface area is 169 Å². The minimum absolute atomic E-state index is 0.0282. The van der Waals surface area contributed by atoms with Crippen LogP contribution in [-0.2, 0) is 16.1 Å². The Hall–Kier alpha value is -3.58. The normalized spacial score (nSPS) is 11.3. The number of rotatable bonds is 10. The van der Waals surface area contributed by atoms with Crippen molar-refractivity contribution in [3.63, 3.8) is 0 Å². The number of hydrogen-bond acceptors (Lipinski definition) is 5. The summed E-state index contributed by atoms with van der Waals surface area (Å²) < 4.78 is 7.56. The molecule has 29 heavy (non-hydrogen) atoms. The first kappa shape index (κ1) is 20.2. The van der Waals surface area contributed by atoms with Crippen LogP contribution in [0.15, 0.2) is 73.3 Å². The zero-order valence-corrected chi connectivity index (χ0v) is 16.1. The summed E-state index contributed by atoms with van der Waals surface area (Å²) in [6.07, 6.45) is 7.29. The van der Waals surface area contributed by atoms with Crippen LogP contribution in [0.25, 0.3) is 11.4 Å². The van der Waals surface area contributed by atoms with Crippen LogP contribution in [-0.4, -0.2) is 33.8 Å². The molecule has 1 aromatic heterocycles. The number of ether oxygens (including phenoxy) is 1. The smallest absolute Gasteiger partial charge is 0.307 e. The fraction of sp³-hybridized carbons (Fsp3) is 0.182. The van der Waals surface area contributed by atoms with Gasteiger partial charge in [-0.05, 0) is 42.3 Å². The monoisotopic (exact) mass is 393 g/mol. The van der Waals surface area contributed by atoms with Gasteiger partial charge in [0, 0.05) is 18.1 Å². The lowest BCUT2D eigenvalue weighted by atomic mass is 10.1. The van der Waals surface area contributed by atoms with E-state index in [0.29, 0.717) is 24.5 Å². The maximum atomic E-state index is 10.8. The molecule has 0 bridgehead atoms. The van der Waals surface area contributed by atoms with Gasteiger partial charge in [-0.2, -0.15) is 0 Å². The topological polar surface area (TPSA) is 85.6 Å². The molecule has 0 saturated carbocycles. The number of nitrogens with zero attached hydrogens (tertiary/aromatic N) is 2. The van der Waals surface area contributed by atoms with E-state index < -0.39 is 5.97 Å². The summed E-state index contributed by atoms with van der Waals surface area (Å²) in [7, 11) is 0. The third-order valence-corrected chi connectivity index (χ3v) is 4.16. The Morgan fingerprint density at radius 3 is 2.72 bits per heavy atom. The second-order valence-corrected chi connectivity index (χ2v) is 6.24. The molecule has 150 valence electrons. The molecule has 2 N–H and O–H groups in total. The van der Waals surface area contributed by atoms with Gasteiger partial charge in [0.2, 0.25) is 0 Å². The number of benzene rings is 2. The molecule has 0 saturated heterocycles. The van der Waals surface area contributed by atoms with Crippen molar-refractivity contribution in [2.45, 2.75) is 13.3 Å². The van der Waals surface area contributed by atoms with E-state index in [0.717, 1.165) is 16.9 Å². The molecule has 0 aliphatic heterocycles. The Morgan fingerprint density at radius 2 is 2.03 bits per heavy atom. The summed E-state index contributed by atoms with van der Waals surface area (Å²) in [4.78, 5) is 20.3. The summed E-state index contributed by atoms with van der Waals surface area (Å²) in [5, 5.41) is 8.86. The fourth-order valence-electron chi connectivity index (χ4n) is 2.76. The summed E-state index contributed by atoms with van der Waals surface area (Å²) in [5.74, 6) is -0.250. The first-order valence-corrected chi connectivity index (χ1v) is 9.22. The largest absolute Gasteiger partial charge is 0.491 e. The summed E-state index contributed by atoms with van der Waals surface area (Å²) in [6.45, 7) is 2.59. The highest BCUT2D eigenvalue weighted by atomic mass is 16.7. The molecule has 0 spiro atoms. The van der Waals surface area contributed by atoms with Crippen molar-refractivity contribution in [2.75, 3.05) is 13.2 Å². The van der Waals surface area contributed by atoms with Gasteiger partial charge in [0.05, 0.1) is 18.4 Å². The van der Waals surface area contributed by atoms with Crippen molar-refractivity contribution in [1.29, 1.82) is 0 Å². The first-order chi connectivity index (χ1) is 14.2. The molecule has 0 aliphatic rings. The Morgan fingerprint density at radius 1 is 1.21 bits per heavy atom. The molecular weight excluding hydrogens is 370 g/mol.